The quantitative estimate of drug-likeness (QED) is 0.677. The highest BCUT2D eigenvalue weighted by Crippen LogP contribution is 2.15. The molecule has 1 rings (SSSR count). The van der Waals surface area contributed by atoms with Crippen LogP contribution in [0.5, 0.6) is 5.75 Å². The number of unbranched alkanes of at least 4 members (excludes halogenated alkanes) is 1. The lowest BCUT2D eigenvalue weighted by atomic mass is 10.1. The molecule has 7 heteroatoms. The number of amides is 1. The second-order valence-electron chi connectivity index (χ2n) is 4.77. The summed E-state index contributed by atoms with van der Waals surface area (Å²) in [6.07, 6.45) is 1.19. The lowest BCUT2D eigenvalue weighted by Crippen LogP contribution is -2.43. The van der Waals surface area contributed by atoms with E-state index in [1.54, 1.807) is 18.2 Å². The van der Waals surface area contributed by atoms with Crippen molar-refractivity contribution in [2.45, 2.75) is 38.6 Å². The van der Waals surface area contributed by atoms with Crippen LogP contribution >= 0.6 is 0 Å². The summed E-state index contributed by atoms with van der Waals surface area (Å²) in [5.41, 5.74) is 1.01. The fraction of sp³-hybridized carbons (Fsp3) is 0.400. The zero-order valence-corrected chi connectivity index (χ0v) is 12.2. The van der Waals surface area contributed by atoms with Gasteiger partial charge in [0.2, 0.25) is 0 Å². The highest BCUT2D eigenvalue weighted by molar-refractivity contribution is 5.85. The molecule has 0 radical (unpaired) electrons. The minimum Gasteiger partial charge on any atom is -0.481 e. The van der Waals surface area contributed by atoms with Gasteiger partial charge in [0.1, 0.15) is 11.8 Å². The standard InChI is InChI=1S/C15H19NO6/c1-2-3-5-10-6-4-7-11(8-10)22-15(21)16-12(14(19)20)9-13(17)18/h4,6-8,12H,2-3,5,9H2,1H3,(H,16,21)(H,17,18)(H,19,20). The monoisotopic (exact) mass is 309 g/mol. The first kappa shape index (κ1) is 17.5. The first-order valence-electron chi connectivity index (χ1n) is 6.94. The first-order chi connectivity index (χ1) is 10.4. The summed E-state index contributed by atoms with van der Waals surface area (Å²) in [6, 6.07) is 5.38. The van der Waals surface area contributed by atoms with E-state index in [-0.39, 0.29) is 5.75 Å². The summed E-state index contributed by atoms with van der Waals surface area (Å²) in [7, 11) is 0. The molecule has 0 saturated heterocycles. The molecule has 0 saturated carbocycles. The Morgan fingerprint density at radius 3 is 2.59 bits per heavy atom. The van der Waals surface area contributed by atoms with E-state index in [4.69, 9.17) is 14.9 Å². The Hall–Kier alpha value is -2.57. The van der Waals surface area contributed by atoms with Gasteiger partial charge in [-0.15, -0.1) is 0 Å². The van der Waals surface area contributed by atoms with Crippen molar-refractivity contribution >= 4 is 18.0 Å². The fourth-order valence-electron chi connectivity index (χ4n) is 1.80. The largest absolute Gasteiger partial charge is 0.481 e. The normalized spacial score (nSPS) is 11.5. The molecule has 0 spiro atoms. The molecular formula is C15H19NO6. The maximum atomic E-state index is 11.6. The zero-order chi connectivity index (χ0) is 16.5. The number of benzene rings is 1. The van der Waals surface area contributed by atoms with Gasteiger partial charge < -0.3 is 20.3 Å². The molecule has 3 N–H and O–H groups in total. The van der Waals surface area contributed by atoms with Crippen molar-refractivity contribution in [2.75, 3.05) is 0 Å². The average molecular weight is 309 g/mol. The molecule has 1 aromatic rings. The maximum absolute atomic E-state index is 11.6. The van der Waals surface area contributed by atoms with E-state index < -0.39 is 30.5 Å². The number of ether oxygens (including phenoxy) is 1. The number of carboxylic acid groups (broad SMARTS) is 2. The predicted octanol–water partition coefficient (Wildman–Crippen LogP) is 2.05. The summed E-state index contributed by atoms with van der Waals surface area (Å²) in [4.78, 5) is 33.0. The number of aryl methyl sites for hydroxylation is 1. The molecule has 7 nitrogen and oxygen atoms in total. The molecule has 0 aliphatic rings. The Kier molecular flexibility index (Phi) is 6.88. The molecule has 1 unspecified atom stereocenters. The van der Waals surface area contributed by atoms with E-state index in [0.29, 0.717) is 0 Å². The van der Waals surface area contributed by atoms with E-state index in [2.05, 4.69) is 6.92 Å². The summed E-state index contributed by atoms with van der Waals surface area (Å²) in [5.74, 6) is -2.48. The van der Waals surface area contributed by atoms with Crippen molar-refractivity contribution in [3.8, 4) is 5.75 Å². The topological polar surface area (TPSA) is 113 Å². The van der Waals surface area contributed by atoms with E-state index in [0.717, 1.165) is 24.8 Å². The summed E-state index contributed by atoms with van der Waals surface area (Å²) in [6.45, 7) is 2.07. The van der Waals surface area contributed by atoms with Gasteiger partial charge in [-0.1, -0.05) is 25.5 Å². The van der Waals surface area contributed by atoms with Crippen molar-refractivity contribution in [1.82, 2.24) is 5.32 Å². The molecule has 1 aromatic carbocycles. The van der Waals surface area contributed by atoms with Crippen molar-refractivity contribution in [1.29, 1.82) is 0 Å². The Morgan fingerprint density at radius 2 is 2.00 bits per heavy atom. The van der Waals surface area contributed by atoms with Crippen molar-refractivity contribution in [2.24, 2.45) is 0 Å². The number of carboxylic acids is 2. The maximum Gasteiger partial charge on any atom is 0.413 e. The van der Waals surface area contributed by atoms with E-state index in [1.807, 2.05) is 11.4 Å². The van der Waals surface area contributed by atoms with Gasteiger partial charge in [-0.2, -0.15) is 0 Å². The van der Waals surface area contributed by atoms with Gasteiger partial charge in [0.25, 0.3) is 0 Å². The Balaban J connectivity index is 2.63. The molecule has 1 amide bonds. The fourth-order valence-corrected chi connectivity index (χ4v) is 1.80. The molecule has 0 aliphatic carbocycles. The second-order valence-corrected chi connectivity index (χ2v) is 4.77. The SMILES string of the molecule is CCCCc1cccc(OC(=O)NC(CC(=O)O)C(=O)O)c1. The van der Waals surface area contributed by atoms with Crippen LogP contribution in [0.2, 0.25) is 0 Å². The van der Waals surface area contributed by atoms with Gasteiger partial charge in [-0.05, 0) is 30.5 Å². The van der Waals surface area contributed by atoms with Crippen LogP contribution in [0, 0.1) is 0 Å². The van der Waals surface area contributed by atoms with Gasteiger partial charge in [-0.25, -0.2) is 9.59 Å². The van der Waals surface area contributed by atoms with E-state index in [9.17, 15) is 14.4 Å². The van der Waals surface area contributed by atoms with Crippen LogP contribution in [0.3, 0.4) is 0 Å². The summed E-state index contributed by atoms with van der Waals surface area (Å²) < 4.78 is 4.99. The number of hydrogen-bond donors (Lipinski definition) is 3. The average Bonchev–Trinajstić information content (AvgIpc) is 2.44. The first-order valence-corrected chi connectivity index (χ1v) is 6.94. The second kappa shape index (κ2) is 8.66. The van der Waals surface area contributed by atoms with Crippen LogP contribution in [-0.2, 0) is 16.0 Å². The van der Waals surface area contributed by atoms with Gasteiger partial charge in [0, 0.05) is 0 Å². The lowest BCUT2D eigenvalue weighted by Gasteiger charge is -2.12. The van der Waals surface area contributed by atoms with Crippen molar-refractivity contribution in [3.05, 3.63) is 29.8 Å². The van der Waals surface area contributed by atoms with Crippen molar-refractivity contribution in [3.63, 3.8) is 0 Å². The zero-order valence-electron chi connectivity index (χ0n) is 12.2. The van der Waals surface area contributed by atoms with Gasteiger partial charge in [0.15, 0.2) is 0 Å². The van der Waals surface area contributed by atoms with Gasteiger partial charge in [0.05, 0.1) is 6.42 Å². The van der Waals surface area contributed by atoms with Crippen LogP contribution < -0.4 is 10.1 Å². The molecule has 0 bridgehead atoms. The van der Waals surface area contributed by atoms with Crippen LogP contribution in [-0.4, -0.2) is 34.3 Å². The Morgan fingerprint density at radius 1 is 1.27 bits per heavy atom. The number of carbonyl (C=O) groups excluding carboxylic acids is 1. The highest BCUT2D eigenvalue weighted by Gasteiger charge is 2.23. The van der Waals surface area contributed by atoms with E-state index in [1.165, 1.54) is 0 Å². The smallest absolute Gasteiger partial charge is 0.413 e. The van der Waals surface area contributed by atoms with Crippen LogP contribution in [0.1, 0.15) is 31.7 Å². The minimum absolute atomic E-state index is 0.283. The third-order valence-electron chi connectivity index (χ3n) is 2.90. The van der Waals surface area contributed by atoms with Crippen LogP contribution in [0.4, 0.5) is 4.79 Å². The molecule has 0 fully saturated rings. The van der Waals surface area contributed by atoms with Crippen molar-refractivity contribution < 1.29 is 29.3 Å². The summed E-state index contributed by atoms with van der Waals surface area (Å²) >= 11 is 0. The van der Waals surface area contributed by atoms with Crippen LogP contribution in [0.25, 0.3) is 0 Å². The van der Waals surface area contributed by atoms with E-state index >= 15 is 0 Å². The van der Waals surface area contributed by atoms with Gasteiger partial charge >= 0.3 is 18.0 Å². The predicted molar refractivity (Wildman–Crippen MR) is 77.9 cm³/mol. The van der Waals surface area contributed by atoms with Crippen LogP contribution in [0.15, 0.2) is 24.3 Å². The summed E-state index contributed by atoms with van der Waals surface area (Å²) in [5, 5.41) is 19.5. The number of hydrogen-bond acceptors (Lipinski definition) is 4. The third-order valence-corrected chi connectivity index (χ3v) is 2.90. The number of aliphatic carboxylic acids is 2. The number of nitrogens with one attached hydrogen (secondary N) is 1. The molecular weight excluding hydrogens is 290 g/mol. The molecule has 0 aromatic heterocycles. The molecule has 0 heterocycles. The molecule has 1 atom stereocenters. The Bertz CT molecular complexity index is 543. The third kappa shape index (κ3) is 6.25. The lowest BCUT2D eigenvalue weighted by molar-refractivity contribution is -0.145. The minimum atomic E-state index is -1.53. The molecule has 0 aliphatic heterocycles. The number of rotatable bonds is 8. The van der Waals surface area contributed by atoms with Gasteiger partial charge in [-0.3, -0.25) is 4.79 Å². The molecule has 22 heavy (non-hydrogen) atoms. The Labute approximate surface area is 127 Å². The highest BCUT2D eigenvalue weighted by atomic mass is 16.6. The number of carbonyl (C=O) groups is 3. The molecule has 120 valence electrons.